The van der Waals surface area contributed by atoms with Gasteiger partial charge in [-0.3, -0.25) is 20.0 Å². The summed E-state index contributed by atoms with van der Waals surface area (Å²) in [5.74, 6) is 0.562. The Hall–Kier alpha value is -2.70. The smallest absolute Gasteiger partial charge is 0.248 e. The lowest BCUT2D eigenvalue weighted by atomic mass is 9.84. The number of carbonyl (C=O) groups is 2. The number of rotatable bonds is 4. The van der Waals surface area contributed by atoms with Gasteiger partial charge in [0.05, 0.1) is 12.0 Å². The molecule has 2 atom stereocenters. The van der Waals surface area contributed by atoms with Crippen molar-refractivity contribution in [3.05, 3.63) is 41.7 Å². The molecule has 1 aromatic heterocycles. The Bertz CT molecular complexity index is 728. The average Bonchev–Trinajstić information content (AvgIpc) is 3.05. The Morgan fingerprint density at radius 1 is 1.38 bits per heavy atom. The van der Waals surface area contributed by atoms with Gasteiger partial charge in [-0.2, -0.15) is 4.98 Å². The van der Waals surface area contributed by atoms with Gasteiger partial charge in [0.2, 0.25) is 17.8 Å². The van der Waals surface area contributed by atoms with Crippen LogP contribution in [0.15, 0.2) is 30.3 Å². The maximum atomic E-state index is 12.8. The zero-order chi connectivity index (χ0) is 17.1. The number of nitrogens with zero attached hydrogens (tertiary/aromatic N) is 3. The van der Waals surface area contributed by atoms with Crippen LogP contribution in [0.2, 0.25) is 0 Å². The van der Waals surface area contributed by atoms with Gasteiger partial charge in [-0.05, 0) is 12.0 Å². The van der Waals surface area contributed by atoms with E-state index >= 15 is 0 Å². The molecular formula is C17H21N5O2. The summed E-state index contributed by atoms with van der Waals surface area (Å²) >= 11 is 0. The van der Waals surface area contributed by atoms with Crippen LogP contribution in [0.25, 0.3) is 0 Å². The van der Waals surface area contributed by atoms with Crippen LogP contribution in [0.3, 0.4) is 0 Å². The highest BCUT2D eigenvalue weighted by Gasteiger charge is 2.39. The molecule has 2 amide bonds. The molecular weight excluding hydrogens is 306 g/mol. The van der Waals surface area contributed by atoms with E-state index in [2.05, 4.69) is 20.5 Å². The summed E-state index contributed by atoms with van der Waals surface area (Å²) in [6.07, 6.45) is 1.60. The summed E-state index contributed by atoms with van der Waals surface area (Å²) < 4.78 is 0. The molecule has 2 unspecified atom stereocenters. The van der Waals surface area contributed by atoms with Crippen LogP contribution >= 0.6 is 0 Å². The lowest BCUT2D eigenvalue weighted by Gasteiger charge is -2.38. The molecule has 126 valence electrons. The molecule has 0 bridgehead atoms. The topological polar surface area (TPSA) is 91.0 Å². The molecule has 1 fully saturated rings. The van der Waals surface area contributed by atoms with Crippen molar-refractivity contribution >= 4 is 17.8 Å². The zero-order valence-electron chi connectivity index (χ0n) is 13.8. The Morgan fingerprint density at radius 2 is 2.12 bits per heavy atom. The maximum absolute atomic E-state index is 12.8. The molecule has 1 saturated heterocycles. The molecule has 2 heterocycles. The third kappa shape index (κ3) is 3.15. The summed E-state index contributed by atoms with van der Waals surface area (Å²) in [7, 11) is 1.75. The highest BCUT2D eigenvalue weighted by Crippen LogP contribution is 2.36. The number of H-pyrrole nitrogens is 1. The van der Waals surface area contributed by atoms with Crippen molar-refractivity contribution in [3.8, 4) is 0 Å². The number of aryl methyl sites for hydroxylation is 1. The van der Waals surface area contributed by atoms with Crippen LogP contribution in [0.4, 0.5) is 5.95 Å². The van der Waals surface area contributed by atoms with Gasteiger partial charge in [0.25, 0.3) is 0 Å². The first-order valence-electron chi connectivity index (χ1n) is 8.13. The van der Waals surface area contributed by atoms with Crippen molar-refractivity contribution in [2.45, 2.75) is 32.2 Å². The van der Waals surface area contributed by atoms with Gasteiger partial charge in [-0.1, -0.05) is 37.3 Å². The summed E-state index contributed by atoms with van der Waals surface area (Å²) in [6.45, 7) is 1.96. The molecule has 1 aromatic carbocycles. The van der Waals surface area contributed by atoms with Crippen LogP contribution in [0, 0.1) is 5.92 Å². The minimum absolute atomic E-state index is 0.0547. The van der Waals surface area contributed by atoms with E-state index in [9.17, 15) is 9.59 Å². The standard InChI is InChI=1S/C17H21N5O2/c1-3-13-18-17(21-20-13)19-16(24)12-9-10-14(23)22(2)15(12)11-7-5-4-6-8-11/h4-8,12,15H,3,9-10H2,1-2H3,(H2,18,19,20,21,24). The molecule has 3 rings (SSSR count). The van der Waals surface area contributed by atoms with Crippen LogP contribution < -0.4 is 5.32 Å². The van der Waals surface area contributed by atoms with Gasteiger partial charge < -0.3 is 4.90 Å². The minimum Gasteiger partial charge on any atom is -0.338 e. The van der Waals surface area contributed by atoms with Gasteiger partial charge in [0, 0.05) is 19.9 Å². The van der Waals surface area contributed by atoms with E-state index in [1.807, 2.05) is 37.3 Å². The second-order valence-corrected chi connectivity index (χ2v) is 5.95. The molecule has 24 heavy (non-hydrogen) atoms. The van der Waals surface area contributed by atoms with Crippen molar-refractivity contribution < 1.29 is 9.59 Å². The number of nitrogens with one attached hydrogen (secondary N) is 2. The van der Waals surface area contributed by atoms with E-state index in [-0.39, 0.29) is 29.7 Å². The largest absolute Gasteiger partial charge is 0.338 e. The van der Waals surface area contributed by atoms with Gasteiger partial charge in [0.1, 0.15) is 5.82 Å². The Morgan fingerprint density at radius 3 is 2.79 bits per heavy atom. The van der Waals surface area contributed by atoms with E-state index < -0.39 is 0 Å². The van der Waals surface area contributed by atoms with Gasteiger partial charge >= 0.3 is 0 Å². The number of aromatic nitrogens is 3. The first-order chi connectivity index (χ1) is 11.6. The van der Waals surface area contributed by atoms with Crippen molar-refractivity contribution in [2.75, 3.05) is 12.4 Å². The quantitative estimate of drug-likeness (QED) is 0.897. The Kier molecular flexibility index (Phi) is 4.59. The summed E-state index contributed by atoms with van der Waals surface area (Å²) in [4.78, 5) is 30.8. The molecule has 7 nitrogen and oxygen atoms in total. The SMILES string of the molecule is CCc1nc(NC(=O)C2CCC(=O)N(C)C2c2ccccc2)n[nH]1. The zero-order valence-corrected chi connectivity index (χ0v) is 13.8. The third-order valence-corrected chi connectivity index (χ3v) is 4.44. The van der Waals surface area contributed by atoms with Crippen LogP contribution in [0.1, 0.15) is 37.2 Å². The molecule has 2 aromatic rings. The van der Waals surface area contributed by atoms with Crippen molar-refractivity contribution in [1.29, 1.82) is 0 Å². The number of piperidine rings is 1. The van der Waals surface area contributed by atoms with Crippen LogP contribution in [-0.4, -0.2) is 38.9 Å². The van der Waals surface area contributed by atoms with Crippen molar-refractivity contribution in [2.24, 2.45) is 5.92 Å². The molecule has 7 heteroatoms. The first kappa shape index (κ1) is 16.2. The van der Waals surface area contributed by atoms with E-state index in [4.69, 9.17) is 0 Å². The summed E-state index contributed by atoms with van der Waals surface area (Å²) in [6, 6.07) is 9.37. The van der Waals surface area contributed by atoms with E-state index in [1.54, 1.807) is 11.9 Å². The lowest BCUT2D eigenvalue weighted by Crippen LogP contribution is -2.44. The minimum atomic E-state index is -0.335. The number of anilines is 1. The number of amides is 2. The number of benzene rings is 1. The van der Waals surface area contributed by atoms with Gasteiger partial charge in [-0.15, -0.1) is 5.10 Å². The normalized spacial score (nSPS) is 20.9. The highest BCUT2D eigenvalue weighted by atomic mass is 16.2. The monoisotopic (exact) mass is 327 g/mol. The maximum Gasteiger partial charge on any atom is 0.248 e. The van der Waals surface area contributed by atoms with E-state index in [0.717, 1.165) is 17.8 Å². The van der Waals surface area contributed by atoms with E-state index in [0.29, 0.717) is 12.8 Å². The average molecular weight is 327 g/mol. The van der Waals surface area contributed by atoms with Gasteiger partial charge in [-0.25, -0.2) is 0 Å². The predicted molar refractivity (Wildman–Crippen MR) is 89.1 cm³/mol. The molecule has 1 aliphatic heterocycles. The summed E-state index contributed by atoms with van der Waals surface area (Å²) in [5.41, 5.74) is 0.956. The number of aromatic amines is 1. The van der Waals surface area contributed by atoms with Crippen LogP contribution in [0.5, 0.6) is 0 Å². The molecule has 0 saturated carbocycles. The molecule has 0 spiro atoms. The second-order valence-electron chi connectivity index (χ2n) is 5.95. The van der Waals surface area contributed by atoms with Crippen LogP contribution in [-0.2, 0) is 16.0 Å². The molecule has 0 radical (unpaired) electrons. The van der Waals surface area contributed by atoms with Crippen molar-refractivity contribution in [1.82, 2.24) is 20.1 Å². The number of hydrogen-bond donors (Lipinski definition) is 2. The fourth-order valence-corrected chi connectivity index (χ4v) is 3.13. The fraction of sp³-hybridized carbons (Fsp3) is 0.412. The Labute approximate surface area is 140 Å². The number of likely N-dealkylation sites (tertiary alicyclic amines) is 1. The van der Waals surface area contributed by atoms with Crippen molar-refractivity contribution in [3.63, 3.8) is 0 Å². The predicted octanol–water partition coefficient (Wildman–Crippen LogP) is 1.92. The molecule has 1 aliphatic rings. The number of hydrogen-bond acceptors (Lipinski definition) is 4. The molecule has 0 aliphatic carbocycles. The van der Waals surface area contributed by atoms with E-state index in [1.165, 1.54) is 0 Å². The fourth-order valence-electron chi connectivity index (χ4n) is 3.13. The van der Waals surface area contributed by atoms with Gasteiger partial charge in [0.15, 0.2) is 0 Å². The number of carbonyl (C=O) groups excluding carboxylic acids is 2. The third-order valence-electron chi connectivity index (χ3n) is 4.44. The first-order valence-corrected chi connectivity index (χ1v) is 8.13. The lowest BCUT2D eigenvalue weighted by molar-refractivity contribution is -0.140. The molecule has 2 N–H and O–H groups in total. The summed E-state index contributed by atoms with van der Waals surface area (Å²) in [5, 5.41) is 9.56. The highest BCUT2D eigenvalue weighted by molar-refractivity contribution is 5.93. The second kappa shape index (κ2) is 6.82. The Balaban J connectivity index is 1.83.